The molecule has 20 heavy (non-hydrogen) atoms. The van der Waals surface area contributed by atoms with Crippen molar-refractivity contribution in [2.45, 2.75) is 26.2 Å². The zero-order valence-electron chi connectivity index (χ0n) is 11.5. The van der Waals surface area contributed by atoms with Crippen LogP contribution in [-0.4, -0.2) is 31.4 Å². The molecular formula is C14H16FNO4. The summed E-state index contributed by atoms with van der Waals surface area (Å²) in [5, 5.41) is 0. The van der Waals surface area contributed by atoms with Crippen LogP contribution in [0.25, 0.3) is 0 Å². The number of rotatable bonds is 4. The Morgan fingerprint density at radius 1 is 1.35 bits per heavy atom. The number of hydrogen-bond donors (Lipinski definition) is 0. The Hall–Kier alpha value is -2.11. The van der Waals surface area contributed by atoms with Gasteiger partial charge in [0.2, 0.25) is 5.91 Å². The van der Waals surface area contributed by atoms with E-state index in [4.69, 9.17) is 9.47 Å². The molecule has 0 N–H and O–H groups in total. The third-order valence-electron chi connectivity index (χ3n) is 3.22. The van der Waals surface area contributed by atoms with Gasteiger partial charge in [0.05, 0.1) is 7.11 Å². The zero-order valence-corrected chi connectivity index (χ0v) is 11.5. The molecule has 0 aromatic heterocycles. The van der Waals surface area contributed by atoms with Crippen molar-refractivity contribution >= 4 is 17.6 Å². The van der Waals surface area contributed by atoms with Gasteiger partial charge in [0.1, 0.15) is 17.8 Å². The zero-order chi connectivity index (χ0) is 14.9. The number of anilines is 1. The number of nitrogens with zero attached hydrogens (tertiary/aromatic N) is 1. The summed E-state index contributed by atoms with van der Waals surface area (Å²) in [7, 11) is 1.53. The van der Waals surface area contributed by atoms with E-state index in [1.807, 2.05) is 0 Å². The first-order chi connectivity index (χ1) is 9.45. The fourth-order valence-electron chi connectivity index (χ4n) is 2.22. The van der Waals surface area contributed by atoms with Crippen LogP contribution in [0.2, 0.25) is 0 Å². The minimum atomic E-state index is -1.37. The number of carbonyl (C=O) groups is 2. The molecule has 0 radical (unpaired) electrons. The molecule has 108 valence electrons. The lowest BCUT2D eigenvalue weighted by Crippen LogP contribution is -2.65. The fraction of sp³-hybridized carbons (Fsp3) is 0.429. The maximum atomic E-state index is 13.4. The molecule has 6 heteroatoms. The van der Waals surface area contributed by atoms with E-state index in [1.54, 1.807) is 24.3 Å². The average Bonchev–Trinajstić information content (AvgIpc) is 2.38. The Balaban J connectivity index is 2.24. The molecule has 0 saturated carbocycles. The molecule has 0 bridgehead atoms. The quantitative estimate of drug-likeness (QED) is 0.625. The molecule has 5 nitrogen and oxygen atoms in total. The van der Waals surface area contributed by atoms with Crippen molar-refractivity contribution in [2.24, 2.45) is 5.92 Å². The maximum absolute atomic E-state index is 13.4. The van der Waals surface area contributed by atoms with Crippen LogP contribution >= 0.6 is 0 Å². The molecule has 1 aromatic carbocycles. The van der Waals surface area contributed by atoms with E-state index in [1.165, 1.54) is 25.9 Å². The predicted octanol–water partition coefficient (Wildman–Crippen LogP) is 1.91. The van der Waals surface area contributed by atoms with Crippen LogP contribution in [0, 0.1) is 5.92 Å². The summed E-state index contributed by atoms with van der Waals surface area (Å²) in [6.07, 6.45) is -2.27. The Morgan fingerprint density at radius 2 is 1.95 bits per heavy atom. The second-order valence-electron chi connectivity index (χ2n) is 4.61. The van der Waals surface area contributed by atoms with Gasteiger partial charge in [0.25, 0.3) is 0 Å². The molecule has 3 atom stereocenters. The highest BCUT2D eigenvalue weighted by atomic mass is 19.1. The van der Waals surface area contributed by atoms with Crippen molar-refractivity contribution in [3.63, 3.8) is 0 Å². The van der Waals surface area contributed by atoms with Crippen molar-refractivity contribution in [1.29, 1.82) is 0 Å². The van der Waals surface area contributed by atoms with Crippen LogP contribution in [0.4, 0.5) is 10.1 Å². The Morgan fingerprint density at radius 3 is 2.40 bits per heavy atom. The van der Waals surface area contributed by atoms with Gasteiger partial charge in [-0.15, -0.1) is 0 Å². The largest absolute Gasteiger partial charge is 0.497 e. The second kappa shape index (κ2) is 5.48. The van der Waals surface area contributed by atoms with E-state index in [0.717, 1.165) is 0 Å². The molecule has 0 unspecified atom stereocenters. The monoisotopic (exact) mass is 281 g/mol. The highest BCUT2D eigenvalue weighted by Crippen LogP contribution is 2.37. The van der Waals surface area contributed by atoms with E-state index >= 15 is 0 Å². The predicted molar refractivity (Wildman–Crippen MR) is 70.1 cm³/mol. The van der Waals surface area contributed by atoms with Crippen LogP contribution in [0.3, 0.4) is 0 Å². The van der Waals surface area contributed by atoms with Gasteiger partial charge in [-0.2, -0.15) is 0 Å². The Kier molecular flexibility index (Phi) is 3.92. The van der Waals surface area contributed by atoms with Crippen LogP contribution in [0.1, 0.15) is 13.8 Å². The average molecular weight is 281 g/mol. The van der Waals surface area contributed by atoms with E-state index in [2.05, 4.69) is 0 Å². The topological polar surface area (TPSA) is 55.8 Å². The summed E-state index contributed by atoms with van der Waals surface area (Å²) in [6, 6.07) is 6.68. The van der Waals surface area contributed by atoms with Gasteiger partial charge in [0.15, 0.2) is 6.23 Å². The number of methoxy groups -OCH3 is 1. The number of β-lactam (4-membered cyclic amide) rings is 1. The normalized spacial score (nSPS) is 23.0. The standard InChI is InChI=1S/C14H16FNO4/c1-8(15)12-13(18)16(14(12)20-9(2)17)10-4-6-11(19-3)7-5-10/h4-8,12,14H,1-3H3/t8-,12+,14-/m1/s1. The molecule has 1 saturated heterocycles. The maximum Gasteiger partial charge on any atom is 0.304 e. The number of hydrogen-bond acceptors (Lipinski definition) is 4. The van der Waals surface area contributed by atoms with Gasteiger partial charge in [0, 0.05) is 12.6 Å². The third kappa shape index (κ3) is 2.45. The van der Waals surface area contributed by atoms with E-state index in [0.29, 0.717) is 11.4 Å². The highest BCUT2D eigenvalue weighted by Gasteiger charge is 2.53. The van der Waals surface area contributed by atoms with Crippen LogP contribution in [-0.2, 0) is 14.3 Å². The number of halogens is 1. The first-order valence-electron chi connectivity index (χ1n) is 6.24. The number of benzene rings is 1. The molecule has 0 spiro atoms. The van der Waals surface area contributed by atoms with Crippen LogP contribution in [0.5, 0.6) is 5.75 Å². The molecule has 2 rings (SSSR count). The first-order valence-corrected chi connectivity index (χ1v) is 6.24. The lowest BCUT2D eigenvalue weighted by atomic mass is 9.90. The number of alkyl halides is 1. The number of ether oxygens (including phenoxy) is 2. The van der Waals surface area contributed by atoms with Crippen molar-refractivity contribution in [3.05, 3.63) is 24.3 Å². The minimum Gasteiger partial charge on any atom is -0.497 e. The molecule has 1 aliphatic rings. The summed E-state index contributed by atoms with van der Waals surface area (Å²) in [5.41, 5.74) is 0.541. The molecule has 0 aliphatic carbocycles. The Bertz CT molecular complexity index is 514. The van der Waals surface area contributed by atoms with Crippen molar-refractivity contribution < 1.29 is 23.5 Å². The second-order valence-corrected chi connectivity index (χ2v) is 4.61. The molecular weight excluding hydrogens is 265 g/mol. The first kappa shape index (κ1) is 14.3. The summed E-state index contributed by atoms with van der Waals surface area (Å²) in [6.45, 7) is 2.51. The molecule has 1 heterocycles. The summed E-state index contributed by atoms with van der Waals surface area (Å²) in [5.74, 6) is -1.25. The molecule has 1 aliphatic heterocycles. The van der Waals surface area contributed by atoms with Crippen LogP contribution in [0.15, 0.2) is 24.3 Å². The lowest BCUT2D eigenvalue weighted by molar-refractivity contribution is -0.164. The van der Waals surface area contributed by atoms with Gasteiger partial charge in [-0.25, -0.2) is 4.39 Å². The van der Waals surface area contributed by atoms with E-state index in [-0.39, 0.29) is 0 Å². The highest BCUT2D eigenvalue weighted by molar-refractivity contribution is 6.03. The van der Waals surface area contributed by atoms with Gasteiger partial charge in [-0.1, -0.05) is 0 Å². The summed E-state index contributed by atoms with van der Waals surface area (Å²) in [4.78, 5) is 24.4. The molecule has 1 fully saturated rings. The smallest absolute Gasteiger partial charge is 0.304 e. The SMILES string of the molecule is COc1ccc(N2C(=O)[C@H]([C@@H](C)F)[C@H]2OC(C)=O)cc1. The van der Waals surface area contributed by atoms with E-state index < -0.39 is 30.2 Å². The van der Waals surface area contributed by atoms with Gasteiger partial charge >= 0.3 is 5.97 Å². The number of carbonyl (C=O) groups excluding carboxylic acids is 2. The Labute approximate surface area is 116 Å². The third-order valence-corrected chi connectivity index (χ3v) is 3.22. The lowest BCUT2D eigenvalue weighted by Gasteiger charge is -2.46. The van der Waals surface area contributed by atoms with Crippen molar-refractivity contribution in [2.75, 3.05) is 12.0 Å². The van der Waals surface area contributed by atoms with Crippen molar-refractivity contribution in [1.82, 2.24) is 0 Å². The fourth-order valence-corrected chi connectivity index (χ4v) is 2.22. The van der Waals surface area contributed by atoms with Crippen molar-refractivity contribution in [3.8, 4) is 5.75 Å². The molecule has 1 amide bonds. The summed E-state index contributed by atoms with van der Waals surface area (Å²) < 4.78 is 23.5. The number of amides is 1. The number of esters is 1. The van der Waals surface area contributed by atoms with E-state index in [9.17, 15) is 14.0 Å². The van der Waals surface area contributed by atoms with Gasteiger partial charge in [-0.3, -0.25) is 14.5 Å². The minimum absolute atomic E-state index is 0.392. The van der Waals surface area contributed by atoms with Crippen LogP contribution < -0.4 is 9.64 Å². The van der Waals surface area contributed by atoms with Gasteiger partial charge < -0.3 is 9.47 Å². The molecule has 1 aromatic rings. The summed E-state index contributed by atoms with van der Waals surface area (Å²) >= 11 is 0. The van der Waals surface area contributed by atoms with Gasteiger partial charge in [-0.05, 0) is 31.2 Å².